The van der Waals surface area contributed by atoms with Gasteiger partial charge in [-0.2, -0.15) is 22.0 Å². The molecule has 2 aromatic rings. The van der Waals surface area contributed by atoms with Crippen LogP contribution in [-0.2, 0) is 6.18 Å². The van der Waals surface area contributed by atoms with Crippen molar-refractivity contribution in [2.45, 2.75) is 17.9 Å². The van der Waals surface area contributed by atoms with E-state index in [4.69, 9.17) is 11.6 Å². The van der Waals surface area contributed by atoms with Gasteiger partial charge in [0.05, 0.1) is 10.5 Å². The van der Waals surface area contributed by atoms with Gasteiger partial charge in [-0.05, 0) is 18.2 Å². The average Bonchev–Trinajstić information content (AvgIpc) is 2.55. The fourth-order valence-electron chi connectivity index (χ4n) is 2.11. The molecule has 1 unspecified atom stereocenters. The number of rotatable bonds is 5. The number of hydrogen-bond donors (Lipinski definition) is 1. The van der Waals surface area contributed by atoms with Gasteiger partial charge in [-0.15, -0.1) is 0 Å². The predicted octanol–water partition coefficient (Wildman–Crippen LogP) is 6.15. The highest BCUT2D eigenvalue weighted by Crippen LogP contribution is 2.48. The van der Waals surface area contributed by atoms with Crippen molar-refractivity contribution in [3.05, 3.63) is 51.0 Å². The summed E-state index contributed by atoms with van der Waals surface area (Å²) in [6.45, 7) is 0. The standard InChI is InChI=1S/C15H7Cl2F6NO4/c16-9-5-6(14(19,20)21)1-2-7(9)8-3-4-10(24(26)27)12(11(8)25)28-15(22,23)13(17)18/h1-5,13,25H. The minimum absolute atomic E-state index is 0.280. The molecule has 2 aromatic carbocycles. The van der Waals surface area contributed by atoms with Crippen LogP contribution in [0.4, 0.5) is 32.0 Å². The molecule has 0 amide bonds. The molecule has 0 bridgehead atoms. The number of nitro benzene ring substituents is 1. The number of hydrogen-bond acceptors (Lipinski definition) is 4. The van der Waals surface area contributed by atoms with Crippen molar-refractivity contribution < 1.29 is 41.1 Å². The summed E-state index contributed by atoms with van der Waals surface area (Å²) in [6.07, 6.45) is -9.49. The molecule has 28 heavy (non-hydrogen) atoms. The van der Waals surface area contributed by atoms with Gasteiger partial charge in [0.25, 0.3) is 5.63 Å². The topological polar surface area (TPSA) is 72.6 Å². The Hall–Kier alpha value is -2.40. The van der Waals surface area contributed by atoms with E-state index in [0.29, 0.717) is 18.2 Å². The second-order valence-electron chi connectivity index (χ2n) is 5.22. The lowest BCUT2D eigenvalue weighted by atomic mass is 10.0. The third-order valence-corrected chi connectivity index (χ3v) is 3.95. The van der Waals surface area contributed by atoms with Gasteiger partial charge in [0, 0.05) is 22.2 Å². The second kappa shape index (κ2) is 7.55. The van der Waals surface area contributed by atoms with Gasteiger partial charge in [-0.25, -0.2) is 4.39 Å². The maximum absolute atomic E-state index is 13.4. The number of ether oxygens (including phenoxy) is 1. The molecule has 0 spiro atoms. The highest BCUT2D eigenvalue weighted by Gasteiger charge is 2.45. The van der Waals surface area contributed by atoms with Crippen LogP contribution in [0.5, 0.6) is 11.5 Å². The smallest absolute Gasteiger partial charge is 0.445 e. The summed E-state index contributed by atoms with van der Waals surface area (Å²) in [7, 11) is 0. The molecule has 0 aromatic heterocycles. The maximum Gasteiger partial charge on any atom is 0.445 e. The van der Waals surface area contributed by atoms with Crippen LogP contribution in [0.2, 0.25) is 5.02 Å². The third-order valence-electron chi connectivity index (χ3n) is 3.39. The molecule has 0 radical (unpaired) electrons. The van der Waals surface area contributed by atoms with E-state index in [1.807, 2.05) is 0 Å². The van der Waals surface area contributed by atoms with Crippen molar-refractivity contribution in [2.75, 3.05) is 0 Å². The minimum Gasteiger partial charge on any atom is -0.504 e. The zero-order valence-corrected chi connectivity index (χ0v) is 14.6. The Morgan fingerprint density at radius 2 is 1.68 bits per heavy atom. The van der Waals surface area contributed by atoms with Crippen LogP contribution < -0.4 is 4.74 Å². The summed E-state index contributed by atoms with van der Waals surface area (Å²) in [6, 6.07) is 3.38. The van der Waals surface area contributed by atoms with E-state index in [0.717, 1.165) is 12.1 Å². The first-order valence-electron chi connectivity index (χ1n) is 6.98. The van der Waals surface area contributed by atoms with E-state index in [9.17, 15) is 41.6 Å². The summed E-state index contributed by atoms with van der Waals surface area (Å²) >= 11 is 10.4. The number of benzene rings is 2. The lowest BCUT2D eigenvalue weighted by Crippen LogP contribution is -2.33. The fraction of sp³-hybridized carbons (Fsp3) is 0.200. The molecular formula is C15H7Cl2F6NO4. The zero-order valence-electron chi connectivity index (χ0n) is 13.1. The van der Waals surface area contributed by atoms with E-state index in [-0.39, 0.29) is 5.56 Å². The van der Waals surface area contributed by atoms with Crippen LogP contribution in [0.1, 0.15) is 5.56 Å². The number of phenols is 1. The molecular weight excluding hydrogens is 443 g/mol. The summed E-state index contributed by atoms with van der Waals surface area (Å²) in [5.74, 6) is -2.71. The molecule has 0 saturated heterocycles. The molecule has 0 aliphatic carbocycles. The van der Waals surface area contributed by atoms with Crippen LogP contribution in [0.15, 0.2) is 30.3 Å². The van der Waals surface area contributed by atoms with Crippen molar-refractivity contribution in [3.8, 4) is 22.6 Å². The number of nitrogens with zero attached hydrogens (tertiary/aromatic N) is 1. The zero-order chi connectivity index (χ0) is 21.4. The summed E-state index contributed by atoms with van der Waals surface area (Å²) in [5.41, 5.74) is -6.46. The first-order chi connectivity index (χ1) is 12.8. The van der Waals surface area contributed by atoms with E-state index < -0.39 is 56.2 Å². The molecule has 1 atom stereocenters. The van der Waals surface area contributed by atoms with Crippen molar-refractivity contribution in [1.29, 1.82) is 0 Å². The summed E-state index contributed by atoms with van der Waals surface area (Å²) in [4.78, 5) is 9.79. The van der Waals surface area contributed by atoms with Gasteiger partial charge in [-0.3, -0.25) is 10.1 Å². The quantitative estimate of drug-likeness (QED) is 0.257. The Bertz CT molecular complexity index is 920. The number of alkyl halides is 7. The van der Waals surface area contributed by atoms with Crippen molar-refractivity contribution >= 4 is 28.9 Å². The van der Waals surface area contributed by atoms with Crippen LogP contribution in [0.25, 0.3) is 11.1 Å². The Morgan fingerprint density at radius 3 is 2.14 bits per heavy atom. The van der Waals surface area contributed by atoms with Crippen LogP contribution in [0, 0.1) is 10.1 Å². The third kappa shape index (κ3) is 4.36. The minimum atomic E-state index is -4.76. The van der Waals surface area contributed by atoms with Crippen LogP contribution in [0.3, 0.4) is 0 Å². The lowest BCUT2D eigenvalue weighted by molar-refractivity contribution is -0.387. The summed E-state index contributed by atoms with van der Waals surface area (Å²) in [5, 5.41) is 20.6. The SMILES string of the molecule is O=[N+]([O-])c1ccc(-c2ccc(C(F)(F)F)cc2Cl)c(O)c1OC(F)(F)C(F)Cl. The molecule has 0 saturated carbocycles. The van der Waals surface area contributed by atoms with E-state index in [1.54, 1.807) is 0 Å². The number of halogens is 8. The van der Waals surface area contributed by atoms with Gasteiger partial charge in [-0.1, -0.05) is 29.3 Å². The van der Waals surface area contributed by atoms with E-state index in [2.05, 4.69) is 16.3 Å². The van der Waals surface area contributed by atoms with Gasteiger partial charge in [0.2, 0.25) is 5.75 Å². The summed E-state index contributed by atoms with van der Waals surface area (Å²) < 4.78 is 81.7. The molecule has 0 aliphatic rings. The number of nitro groups is 1. The van der Waals surface area contributed by atoms with Crippen molar-refractivity contribution in [3.63, 3.8) is 0 Å². The Balaban J connectivity index is 2.65. The van der Waals surface area contributed by atoms with Crippen molar-refractivity contribution in [2.24, 2.45) is 0 Å². The monoisotopic (exact) mass is 449 g/mol. The van der Waals surface area contributed by atoms with Crippen molar-refractivity contribution in [1.82, 2.24) is 0 Å². The highest BCUT2D eigenvalue weighted by atomic mass is 35.5. The van der Waals surface area contributed by atoms with E-state index in [1.165, 1.54) is 0 Å². The number of phenolic OH excluding ortho intramolecular Hbond substituents is 1. The Kier molecular flexibility index (Phi) is 5.90. The first kappa shape index (κ1) is 21.9. The van der Waals surface area contributed by atoms with E-state index >= 15 is 0 Å². The normalized spacial score (nSPS) is 13.3. The van der Waals surface area contributed by atoms with Gasteiger partial charge < -0.3 is 9.84 Å². The molecule has 0 aliphatic heterocycles. The highest BCUT2D eigenvalue weighted by molar-refractivity contribution is 6.33. The maximum atomic E-state index is 13.4. The molecule has 0 fully saturated rings. The Morgan fingerprint density at radius 1 is 1.11 bits per heavy atom. The predicted molar refractivity (Wildman–Crippen MR) is 86.5 cm³/mol. The molecule has 5 nitrogen and oxygen atoms in total. The van der Waals surface area contributed by atoms with Crippen LogP contribution >= 0.6 is 23.2 Å². The van der Waals surface area contributed by atoms with Gasteiger partial charge in [0.1, 0.15) is 0 Å². The molecule has 1 N–H and O–H groups in total. The first-order valence-corrected chi connectivity index (χ1v) is 7.79. The fourth-order valence-corrected chi connectivity index (χ4v) is 2.44. The van der Waals surface area contributed by atoms with Gasteiger partial charge in [0.15, 0.2) is 5.75 Å². The molecule has 152 valence electrons. The molecule has 0 heterocycles. The number of aromatic hydroxyl groups is 1. The molecule has 2 rings (SSSR count). The lowest BCUT2D eigenvalue weighted by Gasteiger charge is -2.19. The van der Waals surface area contributed by atoms with Crippen LogP contribution in [-0.4, -0.2) is 21.8 Å². The second-order valence-corrected chi connectivity index (χ2v) is 6.01. The van der Waals surface area contributed by atoms with Gasteiger partial charge >= 0.3 is 18.0 Å². The average molecular weight is 450 g/mol. The largest absolute Gasteiger partial charge is 0.504 e. The Labute approximate surface area is 162 Å². The molecule has 13 heteroatoms.